The monoisotopic (exact) mass is 313 g/mol. The Morgan fingerprint density at radius 3 is 2.64 bits per heavy atom. The van der Waals surface area contributed by atoms with E-state index in [-0.39, 0.29) is 11.3 Å². The van der Waals surface area contributed by atoms with Gasteiger partial charge in [0.05, 0.1) is 0 Å². The Balaban J connectivity index is 2.31. The summed E-state index contributed by atoms with van der Waals surface area (Å²) in [5.41, 5.74) is 1.90. The average Bonchev–Trinajstić information content (AvgIpc) is 2.55. The van der Waals surface area contributed by atoms with Crippen molar-refractivity contribution in [2.75, 3.05) is 6.26 Å². The molecule has 112 valence electrons. The molecular formula is C16H15N3O2S. The maximum Gasteiger partial charge on any atom is 0.260 e. The Kier molecular flexibility index (Phi) is 3.85. The van der Waals surface area contributed by atoms with Crippen molar-refractivity contribution in [3.05, 3.63) is 46.9 Å². The van der Waals surface area contributed by atoms with Crippen LogP contribution in [0, 0.1) is 0 Å². The number of aromatic hydroxyl groups is 1. The lowest BCUT2D eigenvalue weighted by Crippen LogP contribution is -2.22. The molecule has 2 heterocycles. The number of phenolic OH excluding ortho intramolecular Hbond substituents is 1. The van der Waals surface area contributed by atoms with Gasteiger partial charge in [0.1, 0.15) is 11.4 Å². The zero-order chi connectivity index (χ0) is 15.7. The van der Waals surface area contributed by atoms with E-state index in [4.69, 9.17) is 0 Å². The molecule has 0 aliphatic heterocycles. The van der Waals surface area contributed by atoms with Gasteiger partial charge in [-0.25, -0.2) is 9.97 Å². The van der Waals surface area contributed by atoms with Gasteiger partial charge in [0.15, 0.2) is 5.16 Å². The molecule has 0 radical (unpaired) electrons. The van der Waals surface area contributed by atoms with Crippen LogP contribution in [0.3, 0.4) is 0 Å². The summed E-state index contributed by atoms with van der Waals surface area (Å²) in [7, 11) is 0. The van der Waals surface area contributed by atoms with Crippen LogP contribution in [0.5, 0.6) is 5.75 Å². The third kappa shape index (κ3) is 2.46. The van der Waals surface area contributed by atoms with Gasteiger partial charge in [-0.15, -0.1) is 0 Å². The maximum atomic E-state index is 12.7. The SMILES string of the molecule is CCn1c(=O)c(-c2ccc(O)cc2)cc2cnc(SC)nc21. The molecule has 0 spiro atoms. The number of nitrogens with zero attached hydrogens (tertiary/aromatic N) is 3. The zero-order valence-electron chi connectivity index (χ0n) is 12.3. The van der Waals surface area contributed by atoms with Gasteiger partial charge in [-0.05, 0) is 36.9 Å². The van der Waals surface area contributed by atoms with E-state index in [2.05, 4.69) is 9.97 Å². The third-order valence-electron chi connectivity index (χ3n) is 3.48. The number of hydrogen-bond donors (Lipinski definition) is 1. The molecule has 0 aliphatic rings. The molecule has 0 atom stereocenters. The van der Waals surface area contributed by atoms with Crippen LogP contribution >= 0.6 is 11.8 Å². The number of fused-ring (bicyclic) bond motifs is 1. The van der Waals surface area contributed by atoms with E-state index in [1.165, 1.54) is 11.8 Å². The molecule has 0 fully saturated rings. The summed E-state index contributed by atoms with van der Waals surface area (Å²) in [6.45, 7) is 2.45. The largest absolute Gasteiger partial charge is 0.508 e. The first kappa shape index (κ1) is 14.6. The predicted molar refractivity (Wildman–Crippen MR) is 88.4 cm³/mol. The van der Waals surface area contributed by atoms with E-state index in [0.717, 1.165) is 10.9 Å². The fourth-order valence-electron chi connectivity index (χ4n) is 2.38. The van der Waals surface area contributed by atoms with E-state index in [1.54, 1.807) is 41.1 Å². The van der Waals surface area contributed by atoms with Crippen LogP contribution in [-0.2, 0) is 6.54 Å². The van der Waals surface area contributed by atoms with Crippen LogP contribution in [0.2, 0.25) is 0 Å². The first-order valence-electron chi connectivity index (χ1n) is 6.88. The summed E-state index contributed by atoms with van der Waals surface area (Å²) < 4.78 is 1.65. The van der Waals surface area contributed by atoms with E-state index in [9.17, 15) is 9.90 Å². The number of phenols is 1. The highest BCUT2D eigenvalue weighted by Crippen LogP contribution is 2.23. The molecule has 2 aromatic heterocycles. The second-order valence-corrected chi connectivity index (χ2v) is 5.56. The highest BCUT2D eigenvalue weighted by atomic mass is 32.2. The molecule has 0 amide bonds. The highest BCUT2D eigenvalue weighted by Gasteiger charge is 2.12. The van der Waals surface area contributed by atoms with Crippen LogP contribution in [0.1, 0.15) is 6.92 Å². The van der Waals surface area contributed by atoms with Crippen LogP contribution in [-0.4, -0.2) is 25.9 Å². The smallest absolute Gasteiger partial charge is 0.260 e. The second kappa shape index (κ2) is 5.81. The molecule has 0 saturated heterocycles. The molecule has 22 heavy (non-hydrogen) atoms. The van der Waals surface area contributed by atoms with Crippen molar-refractivity contribution in [1.82, 2.24) is 14.5 Å². The Bertz CT molecular complexity index is 888. The van der Waals surface area contributed by atoms with Gasteiger partial charge >= 0.3 is 0 Å². The summed E-state index contributed by atoms with van der Waals surface area (Å²) >= 11 is 1.45. The van der Waals surface area contributed by atoms with Gasteiger partial charge < -0.3 is 5.11 Å². The number of aryl methyl sites for hydroxylation is 1. The minimum absolute atomic E-state index is 0.0913. The number of benzene rings is 1. The van der Waals surface area contributed by atoms with Crippen molar-refractivity contribution in [2.45, 2.75) is 18.6 Å². The van der Waals surface area contributed by atoms with Gasteiger partial charge in [0, 0.05) is 23.7 Å². The van der Waals surface area contributed by atoms with Gasteiger partial charge in [-0.1, -0.05) is 23.9 Å². The quantitative estimate of drug-likeness (QED) is 0.595. The zero-order valence-corrected chi connectivity index (χ0v) is 13.1. The third-order valence-corrected chi connectivity index (χ3v) is 4.04. The van der Waals surface area contributed by atoms with E-state index < -0.39 is 0 Å². The second-order valence-electron chi connectivity index (χ2n) is 4.79. The van der Waals surface area contributed by atoms with Gasteiger partial charge in [-0.2, -0.15) is 0 Å². The number of pyridine rings is 1. The molecule has 1 N–H and O–H groups in total. The van der Waals surface area contributed by atoms with E-state index in [0.29, 0.717) is 22.9 Å². The Morgan fingerprint density at radius 2 is 2.00 bits per heavy atom. The van der Waals surface area contributed by atoms with Crippen molar-refractivity contribution in [3.63, 3.8) is 0 Å². The summed E-state index contributed by atoms with van der Waals surface area (Å²) in [5.74, 6) is 0.174. The normalized spacial score (nSPS) is 11.0. The summed E-state index contributed by atoms with van der Waals surface area (Å²) in [6.07, 6.45) is 3.64. The standard InChI is InChI=1S/C16H15N3O2S/c1-3-19-14-11(9-17-16(18-14)22-2)8-13(15(19)21)10-4-6-12(20)7-5-10/h4-9,20H,3H2,1-2H3. The molecule has 0 saturated carbocycles. The molecule has 0 unspecified atom stereocenters. The maximum absolute atomic E-state index is 12.7. The van der Waals surface area contributed by atoms with Crippen molar-refractivity contribution in [1.29, 1.82) is 0 Å². The molecule has 6 heteroatoms. The molecule has 0 aliphatic carbocycles. The van der Waals surface area contributed by atoms with Crippen LogP contribution in [0.15, 0.2) is 46.5 Å². The molecule has 5 nitrogen and oxygen atoms in total. The van der Waals surface area contributed by atoms with Crippen molar-refractivity contribution >= 4 is 22.8 Å². The number of rotatable bonds is 3. The Labute approximate surface area is 131 Å². The first-order valence-corrected chi connectivity index (χ1v) is 8.10. The lowest BCUT2D eigenvalue weighted by molar-refractivity contribution is 0.475. The van der Waals surface area contributed by atoms with Crippen molar-refractivity contribution in [2.24, 2.45) is 0 Å². The fraction of sp³-hybridized carbons (Fsp3) is 0.188. The van der Waals surface area contributed by atoms with E-state index in [1.807, 2.05) is 13.2 Å². The van der Waals surface area contributed by atoms with E-state index >= 15 is 0 Å². The lowest BCUT2D eigenvalue weighted by atomic mass is 10.1. The summed E-state index contributed by atoms with van der Waals surface area (Å²) in [6, 6.07) is 8.41. The average molecular weight is 313 g/mol. The minimum atomic E-state index is -0.0913. The summed E-state index contributed by atoms with van der Waals surface area (Å²) in [4.78, 5) is 21.5. The van der Waals surface area contributed by atoms with Crippen LogP contribution in [0.25, 0.3) is 22.2 Å². The number of aromatic nitrogens is 3. The van der Waals surface area contributed by atoms with Gasteiger partial charge in [0.25, 0.3) is 5.56 Å². The van der Waals surface area contributed by atoms with Gasteiger partial charge in [0.2, 0.25) is 0 Å². The molecule has 3 rings (SSSR count). The lowest BCUT2D eigenvalue weighted by Gasteiger charge is -2.11. The topological polar surface area (TPSA) is 68.0 Å². The predicted octanol–water partition coefficient (Wildman–Crippen LogP) is 2.91. The molecule has 0 bridgehead atoms. The number of hydrogen-bond acceptors (Lipinski definition) is 5. The highest BCUT2D eigenvalue weighted by molar-refractivity contribution is 7.98. The first-order chi connectivity index (χ1) is 10.6. The molecule has 3 aromatic rings. The molecule has 1 aromatic carbocycles. The number of thioether (sulfide) groups is 1. The summed E-state index contributed by atoms with van der Waals surface area (Å²) in [5, 5.41) is 10.9. The van der Waals surface area contributed by atoms with Gasteiger partial charge in [-0.3, -0.25) is 9.36 Å². The minimum Gasteiger partial charge on any atom is -0.508 e. The Hall–Kier alpha value is -2.34. The fourth-order valence-corrected chi connectivity index (χ4v) is 2.72. The van der Waals surface area contributed by atoms with Crippen molar-refractivity contribution in [3.8, 4) is 16.9 Å². The Morgan fingerprint density at radius 1 is 1.27 bits per heavy atom. The molecular weight excluding hydrogens is 298 g/mol. The van der Waals surface area contributed by atoms with Crippen molar-refractivity contribution < 1.29 is 5.11 Å². The van der Waals surface area contributed by atoms with Crippen LogP contribution in [0.4, 0.5) is 0 Å². The van der Waals surface area contributed by atoms with Crippen LogP contribution < -0.4 is 5.56 Å².